The van der Waals surface area contributed by atoms with Gasteiger partial charge in [-0.15, -0.1) is 0 Å². The Bertz CT molecular complexity index is 925. The van der Waals surface area contributed by atoms with E-state index in [1.54, 1.807) is 12.4 Å². The van der Waals surface area contributed by atoms with E-state index in [2.05, 4.69) is 33.8 Å². The molecule has 3 unspecified atom stereocenters. The van der Waals surface area contributed by atoms with E-state index in [0.29, 0.717) is 28.6 Å². The lowest BCUT2D eigenvalue weighted by molar-refractivity contribution is 0.526. The summed E-state index contributed by atoms with van der Waals surface area (Å²) in [6, 6.07) is 14.2. The van der Waals surface area contributed by atoms with Crippen LogP contribution in [0.4, 0.5) is 5.69 Å². The Labute approximate surface area is 164 Å². The van der Waals surface area contributed by atoms with Crippen LogP contribution in [0.5, 0.6) is 0 Å². The number of rotatable bonds is 4. The predicted molar refractivity (Wildman–Crippen MR) is 113 cm³/mol. The molecule has 3 atom stereocenters. The molecule has 1 aromatic heterocycles. The summed E-state index contributed by atoms with van der Waals surface area (Å²) in [4.78, 5) is 4.00. The molecule has 0 spiro atoms. The van der Waals surface area contributed by atoms with Gasteiger partial charge in [0.2, 0.25) is 0 Å². The zero-order valence-electron chi connectivity index (χ0n) is 14.8. The molecule has 0 aliphatic heterocycles. The summed E-state index contributed by atoms with van der Waals surface area (Å²) in [7, 11) is 0. The zero-order valence-corrected chi connectivity index (χ0v) is 15.6. The van der Waals surface area contributed by atoms with Crippen molar-refractivity contribution in [2.45, 2.75) is 18.9 Å². The first-order valence-corrected chi connectivity index (χ1v) is 9.50. The van der Waals surface area contributed by atoms with Gasteiger partial charge in [0.1, 0.15) is 0 Å². The monoisotopic (exact) mass is 372 g/mol. The number of benzene rings is 1. The van der Waals surface area contributed by atoms with Gasteiger partial charge in [-0.2, -0.15) is 5.26 Å². The third-order valence-electron chi connectivity index (χ3n) is 5.19. The van der Waals surface area contributed by atoms with Gasteiger partial charge in [0.15, 0.2) is 5.11 Å². The molecular formula is C22H20N4S. The lowest BCUT2D eigenvalue weighted by atomic mass is 10.0. The van der Waals surface area contributed by atoms with Crippen LogP contribution in [-0.4, -0.2) is 16.1 Å². The first kappa shape index (κ1) is 17.4. The molecule has 5 heteroatoms. The van der Waals surface area contributed by atoms with Crippen molar-refractivity contribution in [3.8, 4) is 6.07 Å². The molecular weight excluding hydrogens is 352 g/mol. The first-order valence-electron chi connectivity index (χ1n) is 9.09. The quantitative estimate of drug-likeness (QED) is 0.473. The van der Waals surface area contributed by atoms with Crippen LogP contribution in [0.2, 0.25) is 0 Å². The summed E-state index contributed by atoms with van der Waals surface area (Å²) in [5.74, 6) is 1.32. The van der Waals surface area contributed by atoms with E-state index in [0.717, 1.165) is 23.2 Å². The molecule has 0 radical (unpaired) electrons. The number of pyridine rings is 1. The summed E-state index contributed by atoms with van der Waals surface area (Å²) in [6.45, 7) is 0. The van der Waals surface area contributed by atoms with Crippen molar-refractivity contribution in [2.24, 2.45) is 11.8 Å². The number of hydrogen-bond acceptors (Lipinski definition) is 3. The van der Waals surface area contributed by atoms with Gasteiger partial charge >= 0.3 is 0 Å². The molecule has 2 N–H and O–H groups in total. The second kappa shape index (κ2) is 7.73. The number of fused-ring (bicyclic) bond motifs is 2. The Kier molecular flexibility index (Phi) is 4.99. The average Bonchev–Trinajstić information content (AvgIpc) is 3.31. The van der Waals surface area contributed by atoms with Crippen LogP contribution in [0.25, 0.3) is 11.6 Å². The third-order valence-corrected chi connectivity index (χ3v) is 5.41. The summed E-state index contributed by atoms with van der Waals surface area (Å²) in [5, 5.41) is 16.8. The third kappa shape index (κ3) is 4.07. The largest absolute Gasteiger partial charge is 0.359 e. The van der Waals surface area contributed by atoms with E-state index < -0.39 is 0 Å². The highest BCUT2D eigenvalue weighted by molar-refractivity contribution is 7.80. The van der Waals surface area contributed by atoms with Crippen molar-refractivity contribution in [3.63, 3.8) is 0 Å². The van der Waals surface area contributed by atoms with Crippen LogP contribution in [0.1, 0.15) is 24.0 Å². The molecule has 2 aliphatic rings. The van der Waals surface area contributed by atoms with Crippen LogP contribution in [-0.2, 0) is 0 Å². The maximum absolute atomic E-state index is 9.48. The van der Waals surface area contributed by atoms with Crippen LogP contribution < -0.4 is 10.6 Å². The predicted octanol–water partition coefficient (Wildman–Crippen LogP) is 4.40. The standard InChI is InChI=1S/C22H20N4S/c23-14-19(11-15-7-9-24-10-8-15)17-3-5-20(6-4-17)25-22(27)26-21-13-16-1-2-18(21)12-16/h1-11,16,18,21H,12-13H2,(H2,25,26,27)/b19-11+. The molecule has 0 amide bonds. The molecule has 4 nitrogen and oxygen atoms in total. The van der Waals surface area contributed by atoms with Crippen molar-refractivity contribution in [1.82, 2.24) is 10.3 Å². The van der Waals surface area contributed by atoms with Crippen LogP contribution in [0.3, 0.4) is 0 Å². The fraction of sp³-hybridized carbons (Fsp3) is 0.227. The fourth-order valence-corrected chi connectivity index (χ4v) is 4.09. The fourth-order valence-electron chi connectivity index (χ4n) is 3.82. The molecule has 1 saturated carbocycles. The number of nitrogens with one attached hydrogen (secondary N) is 2. The Morgan fingerprint density at radius 2 is 1.89 bits per heavy atom. The van der Waals surface area contributed by atoms with Crippen LogP contribution in [0.15, 0.2) is 60.9 Å². The summed E-state index contributed by atoms with van der Waals surface area (Å²) in [6.07, 6.45) is 12.3. The minimum Gasteiger partial charge on any atom is -0.359 e. The Morgan fingerprint density at radius 1 is 1.11 bits per heavy atom. The van der Waals surface area contributed by atoms with E-state index in [-0.39, 0.29) is 0 Å². The van der Waals surface area contributed by atoms with Gasteiger partial charge in [0.25, 0.3) is 0 Å². The topological polar surface area (TPSA) is 60.7 Å². The second-order valence-corrected chi connectivity index (χ2v) is 7.42. The van der Waals surface area contributed by atoms with E-state index in [9.17, 15) is 5.26 Å². The lowest BCUT2D eigenvalue weighted by Gasteiger charge is -2.22. The molecule has 1 aromatic carbocycles. The average molecular weight is 372 g/mol. The molecule has 2 aromatic rings. The SMILES string of the molecule is N#C/C(=C\c1ccncc1)c1ccc(NC(=S)NC2CC3C=CC2C3)cc1. The molecule has 4 rings (SSSR count). The molecule has 134 valence electrons. The van der Waals surface area contributed by atoms with Gasteiger partial charge in [0.05, 0.1) is 11.6 Å². The molecule has 2 aliphatic carbocycles. The maximum Gasteiger partial charge on any atom is 0.171 e. The minimum absolute atomic E-state index is 0.438. The molecule has 2 bridgehead atoms. The number of nitrogens with zero attached hydrogens (tertiary/aromatic N) is 2. The van der Waals surface area contributed by atoms with Crippen molar-refractivity contribution in [1.29, 1.82) is 5.26 Å². The Balaban J connectivity index is 1.40. The van der Waals surface area contributed by atoms with Crippen molar-refractivity contribution in [3.05, 3.63) is 72.1 Å². The highest BCUT2D eigenvalue weighted by Gasteiger charge is 2.35. The number of anilines is 1. The Morgan fingerprint density at radius 3 is 2.52 bits per heavy atom. The Hall–Kier alpha value is -2.97. The van der Waals surface area contributed by atoms with Crippen molar-refractivity contribution >= 4 is 34.7 Å². The molecule has 1 heterocycles. The van der Waals surface area contributed by atoms with E-state index in [1.165, 1.54) is 6.42 Å². The van der Waals surface area contributed by atoms with Crippen molar-refractivity contribution < 1.29 is 0 Å². The van der Waals surface area contributed by atoms with E-state index in [4.69, 9.17) is 12.2 Å². The van der Waals surface area contributed by atoms with Crippen LogP contribution >= 0.6 is 12.2 Å². The van der Waals surface area contributed by atoms with E-state index in [1.807, 2.05) is 42.5 Å². The highest BCUT2D eigenvalue weighted by Crippen LogP contribution is 2.38. The summed E-state index contributed by atoms with van der Waals surface area (Å²) in [5.41, 5.74) is 3.35. The smallest absolute Gasteiger partial charge is 0.171 e. The molecule has 27 heavy (non-hydrogen) atoms. The number of aromatic nitrogens is 1. The highest BCUT2D eigenvalue weighted by atomic mass is 32.1. The summed E-state index contributed by atoms with van der Waals surface area (Å²) >= 11 is 5.47. The minimum atomic E-state index is 0.438. The summed E-state index contributed by atoms with van der Waals surface area (Å²) < 4.78 is 0. The number of nitriles is 1. The molecule has 0 saturated heterocycles. The zero-order chi connectivity index (χ0) is 18.6. The van der Waals surface area contributed by atoms with E-state index >= 15 is 0 Å². The van der Waals surface area contributed by atoms with Crippen molar-refractivity contribution in [2.75, 3.05) is 5.32 Å². The first-order chi connectivity index (χ1) is 13.2. The van der Waals surface area contributed by atoms with Gasteiger partial charge in [-0.25, -0.2) is 0 Å². The van der Waals surface area contributed by atoms with Gasteiger partial charge in [-0.3, -0.25) is 4.98 Å². The van der Waals surface area contributed by atoms with Gasteiger partial charge < -0.3 is 10.6 Å². The number of thiocarbonyl (C=S) groups is 1. The normalized spacial score (nSPS) is 23.1. The van der Waals surface area contributed by atoms with Gasteiger partial charge in [-0.05, 0) is 78.4 Å². The number of allylic oxidation sites excluding steroid dienone is 2. The number of hydrogen-bond donors (Lipinski definition) is 2. The molecule has 1 fully saturated rings. The van der Waals surface area contributed by atoms with Crippen LogP contribution in [0, 0.1) is 23.2 Å². The second-order valence-electron chi connectivity index (χ2n) is 7.01. The van der Waals surface area contributed by atoms with Gasteiger partial charge in [-0.1, -0.05) is 24.3 Å². The van der Waals surface area contributed by atoms with Gasteiger partial charge in [0, 0.05) is 24.1 Å². The lowest BCUT2D eigenvalue weighted by Crippen LogP contribution is -2.40. The maximum atomic E-state index is 9.48.